The number of hydrogen-bond donors (Lipinski definition) is 1. The Morgan fingerprint density at radius 3 is 2.36 bits per heavy atom. The lowest BCUT2D eigenvalue weighted by molar-refractivity contribution is 0.274. The van der Waals surface area contributed by atoms with Crippen LogP contribution in [0.1, 0.15) is 97.5 Å². The fourth-order valence-electron chi connectivity index (χ4n) is 5.44. The Morgan fingerprint density at radius 2 is 1.74 bits per heavy atom. The number of sulfonamides is 1. The van der Waals surface area contributed by atoms with Crippen molar-refractivity contribution in [3.63, 3.8) is 0 Å². The zero-order chi connectivity index (χ0) is 30.9. The second kappa shape index (κ2) is 15.6. The Balaban J connectivity index is 2.11. The number of ether oxygens (including phenoxy) is 1. The standard InChI is InChI=1S/C31H50N6O4S/c1-8-14-15-16-17-24(9-2)30-32-23(7)28-31(38)33-29(34-37(28)30)26-22-25(18-19-27(26)41-13-6)42(39,40)36(12-5)21-20-35(10-3)11-4/h18-19,22,24H,8-17,20-21H2,1-7H3,(H,33,34,38). The van der Waals surface area contributed by atoms with Crippen LogP contribution in [0.15, 0.2) is 27.9 Å². The second-order valence-corrected chi connectivity index (χ2v) is 12.6. The lowest BCUT2D eigenvalue weighted by Gasteiger charge is -2.25. The van der Waals surface area contributed by atoms with E-state index in [0.29, 0.717) is 48.8 Å². The molecule has 0 aliphatic heterocycles. The van der Waals surface area contributed by atoms with Crippen LogP contribution in [0.3, 0.4) is 0 Å². The number of nitrogens with zero attached hydrogens (tertiary/aromatic N) is 5. The van der Waals surface area contributed by atoms with Gasteiger partial charge in [-0.3, -0.25) is 4.79 Å². The minimum absolute atomic E-state index is 0.134. The first-order valence-corrected chi connectivity index (χ1v) is 17.1. The van der Waals surface area contributed by atoms with Gasteiger partial charge in [-0.1, -0.05) is 60.3 Å². The summed E-state index contributed by atoms with van der Waals surface area (Å²) in [5, 5.41) is 4.86. The molecule has 0 aliphatic carbocycles. The highest BCUT2D eigenvalue weighted by molar-refractivity contribution is 7.89. The highest BCUT2D eigenvalue weighted by atomic mass is 32.2. The molecule has 1 aromatic carbocycles. The van der Waals surface area contributed by atoms with Crippen LogP contribution in [-0.2, 0) is 10.0 Å². The van der Waals surface area contributed by atoms with Crippen molar-refractivity contribution < 1.29 is 13.2 Å². The number of H-pyrrole nitrogens is 1. The van der Waals surface area contributed by atoms with Crippen LogP contribution in [-0.4, -0.2) is 76.5 Å². The maximum absolute atomic E-state index is 13.8. The van der Waals surface area contributed by atoms with Crippen LogP contribution in [0.25, 0.3) is 16.9 Å². The highest BCUT2D eigenvalue weighted by Crippen LogP contribution is 2.32. The quantitative estimate of drug-likeness (QED) is 0.188. The molecule has 0 spiro atoms. The lowest BCUT2D eigenvalue weighted by atomic mass is 9.97. The maximum Gasteiger partial charge on any atom is 0.277 e. The first-order valence-electron chi connectivity index (χ1n) is 15.7. The fraction of sp³-hybridized carbons (Fsp3) is 0.645. The molecule has 3 aromatic rings. The molecule has 2 aromatic heterocycles. The number of rotatable bonds is 18. The van der Waals surface area contributed by atoms with Crippen LogP contribution < -0.4 is 10.3 Å². The maximum atomic E-state index is 13.8. The molecular weight excluding hydrogens is 552 g/mol. The van der Waals surface area contributed by atoms with Gasteiger partial charge in [0.15, 0.2) is 11.3 Å². The Labute approximate surface area is 251 Å². The first-order chi connectivity index (χ1) is 20.2. The molecule has 0 aliphatic rings. The van der Waals surface area contributed by atoms with Gasteiger partial charge in [-0.2, -0.15) is 4.31 Å². The van der Waals surface area contributed by atoms with Gasteiger partial charge in [-0.15, -0.1) is 5.10 Å². The molecular formula is C31H50N6O4S. The summed E-state index contributed by atoms with van der Waals surface area (Å²) in [5.41, 5.74) is 1.15. The van der Waals surface area contributed by atoms with E-state index in [9.17, 15) is 13.2 Å². The van der Waals surface area contributed by atoms with Crippen LogP contribution in [0, 0.1) is 6.92 Å². The monoisotopic (exact) mass is 602 g/mol. The predicted octanol–water partition coefficient (Wildman–Crippen LogP) is 5.61. The zero-order valence-corrected chi connectivity index (χ0v) is 27.4. The van der Waals surface area contributed by atoms with Crippen LogP contribution >= 0.6 is 0 Å². The number of benzene rings is 1. The predicted molar refractivity (Wildman–Crippen MR) is 169 cm³/mol. The molecule has 2 heterocycles. The van der Waals surface area contributed by atoms with Gasteiger partial charge in [-0.05, 0) is 58.0 Å². The molecule has 10 nitrogen and oxygen atoms in total. The number of likely N-dealkylation sites (N-methyl/N-ethyl adjacent to an activating group) is 2. The summed E-state index contributed by atoms with van der Waals surface area (Å²) in [4.78, 5) is 23.4. The SMILES string of the molecule is CCCCCCC(CC)c1nc(C)c2c(=O)[nH]c(-c3cc(S(=O)(=O)N(CC)CCN(CC)CC)ccc3OCC)nn12. The van der Waals surface area contributed by atoms with Gasteiger partial charge in [-0.25, -0.2) is 17.9 Å². The number of imidazole rings is 1. The molecule has 0 amide bonds. The van der Waals surface area contributed by atoms with Crippen molar-refractivity contribution in [3.05, 3.63) is 40.1 Å². The fourth-order valence-corrected chi connectivity index (χ4v) is 6.91. The third kappa shape index (κ3) is 7.60. The Hall–Kier alpha value is -2.76. The van der Waals surface area contributed by atoms with E-state index in [4.69, 9.17) is 14.8 Å². The van der Waals surface area contributed by atoms with E-state index < -0.39 is 10.0 Å². The topological polar surface area (TPSA) is 113 Å². The van der Waals surface area contributed by atoms with Crippen molar-refractivity contribution in [1.29, 1.82) is 0 Å². The van der Waals surface area contributed by atoms with Gasteiger partial charge in [0.1, 0.15) is 11.6 Å². The van der Waals surface area contributed by atoms with E-state index >= 15 is 0 Å². The molecule has 0 bridgehead atoms. The van der Waals surface area contributed by atoms with Crippen molar-refractivity contribution in [1.82, 2.24) is 28.8 Å². The normalized spacial score (nSPS) is 13.0. The average Bonchev–Trinajstić information content (AvgIpc) is 3.31. The van der Waals surface area contributed by atoms with Gasteiger partial charge in [0.25, 0.3) is 5.56 Å². The molecule has 11 heteroatoms. The van der Waals surface area contributed by atoms with Gasteiger partial charge >= 0.3 is 0 Å². The highest BCUT2D eigenvalue weighted by Gasteiger charge is 2.27. The van der Waals surface area contributed by atoms with Gasteiger partial charge in [0.05, 0.1) is 22.8 Å². The number of hydrogen-bond acceptors (Lipinski definition) is 7. The van der Waals surface area contributed by atoms with Crippen molar-refractivity contribution in [3.8, 4) is 17.1 Å². The summed E-state index contributed by atoms with van der Waals surface area (Å²) in [5.74, 6) is 1.63. The van der Waals surface area contributed by atoms with Crippen molar-refractivity contribution >= 4 is 15.5 Å². The van der Waals surface area contributed by atoms with Crippen LogP contribution in [0.5, 0.6) is 5.75 Å². The van der Waals surface area contributed by atoms with Gasteiger partial charge < -0.3 is 14.6 Å². The van der Waals surface area contributed by atoms with E-state index in [1.807, 2.05) is 20.8 Å². The van der Waals surface area contributed by atoms with E-state index in [2.05, 4.69) is 37.6 Å². The summed E-state index contributed by atoms with van der Waals surface area (Å²) in [6.45, 7) is 17.5. The minimum Gasteiger partial charge on any atom is -0.493 e. The minimum atomic E-state index is -3.80. The molecule has 0 saturated heterocycles. The average molecular weight is 603 g/mol. The van der Waals surface area contributed by atoms with Crippen LogP contribution in [0.2, 0.25) is 0 Å². The number of aromatic amines is 1. The van der Waals surface area contributed by atoms with Crippen molar-refractivity contribution in [2.45, 2.75) is 97.8 Å². The third-order valence-corrected chi connectivity index (χ3v) is 9.99. The number of aryl methyl sites for hydroxylation is 1. The van der Waals surface area contributed by atoms with Crippen LogP contribution in [0.4, 0.5) is 0 Å². The number of unbranched alkanes of at least 4 members (excludes halogenated alkanes) is 3. The summed E-state index contributed by atoms with van der Waals surface area (Å²) in [6, 6.07) is 4.78. The molecule has 0 radical (unpaired) electrons. The first kappa shape index (κ1) is 33.7. The smallest absolute Gasteiger partial charge is 0.277 e. The molecule has 1 unspecified atom stereocenters. The Bertz CT molecular complexity index is 1460. The van der Waals surface area contributed by atoms with E-state index in [1.165, 1.54) is 17.1 Å². The summed E-state index contributed by atoms with van der Waals surface area (Å²) < 4.78 is 36.6. The Kier molecular flexibility index (Phi) is 12.6. The Morgan fingerprint density at radius 1 is 1.00 bits per heavy atom. The summed E-state index contributed by atoms with van der Waals surface area (Å²) >= 11 is 0. The number of aromatic nitrogens is 4. The zero-order valence-electron chi connectivity index (χ0n) is 26.6. The van der Waals surface area contributed by atoms with Gasteiger partial charge in [0, 0.05) is 25.6 Å². The largest absolute Gasteiger partial charge is 0.493 e. The van der Waals surface area contributed by atoms with Crippen molar-refractivity contribution in [2.75, 3.05) is 39.3 Å². The molecule has 0 saturated carbocycles. The van der Waals surface area contributed by atoms with Gasteiger partial charge in [0.2, 0.25) is 10.0 Å². The second-order valence-electron chi connectivity index (χ2n) is 10.7. The van der Waals surface area contributed by atoms with Crippen molar-refractivity contribution in [2.24, 2.45) is 0 Å². The molecule has 3 rings (SSSR count). The van der Waals surface area contributed by atoms with E-state index in [-0.39, 0.29) is 22.2 Å². The molecule has 1 atom stereocenters. The summed E-state index contributed by atoms with van der Waals surface area (Å²) in [7, 11) is -3.80. The summed E-state index contributed by atoms with van der Waals surface area (Å²) in [6.07, 6.45) is 6.48. The third-order valence-electron chi connectivity index (χ3n) is 8.02. The number of fused-ring (bicyclic) bond motifs is 1. The molecule has 234 valence electrons. The molecule has 0 fully saturated rings. The van der Waals surface area contributed by atoms with E-state index in [0.717, 1.165) is 44.6 Å². The molecule has 1 N–H and O–H groups in total. The lowest BCUT2D eigenvalue weighted by Crippen LogP contribution is -2.38. The number of nitrogens with one attached hydrogen (secondary N) is 1. The molecule has 42 heavy (non-hydrogen) atoms. The van der Waals surface area contributed by atoms with E-state index in [1.54, 1.807) is 22.7 Å².